The zero-order valence-corrected chi connectivity index (χ0v) is 15.8. The molecule has 4 rings (SSSR count). The average molecular weight is 417 g/mol. The summed E-state index contributed by atoms with van der Waals surface area (Å²) in [6, 6.07) is 9.62. The van der Waals surface area contributed by atoms with Gasteiger partial charge in [-0.25, -0.2) is 14.5 Å². The molecule has 0 spiro atoms. The smallest absolute Gasteiger partial charge is 0.359 e. The van der Waals surface area contributed by atoms with Crippen molar-refractivity contribution in [3.63, 3.8) is 0 Å². The molecule has 0 N–H and O–H groups in total. The van der Waals surface area contributed by atoms with Crippen molar-refractivity contribution in [2.75, 3.05) is 38.3 Å². The maximum absolute atomic E-state index is 12.3. The Labute approximate surface area is 158 Å². The van der Waals surface area contributed by atoms with Gasteiger partial charge in [-0.15, -0.1) is 0 Å². The molecule has 3 aromatic rings. The van der Waals surface area contributed by atoms with E-state index in [1.807, 2.05) is 36.5 Å². The second kappa shape index (κ2) is 7.05. The predicted octanol–water partition coefficient (Wildman–Crippen LogP) is 2.81. The molecule has 3 heterocycles. The first-order valence-electron chi connectivity index (χ1n) is 8.23. The maximum atomic E-state index is 12.3. The van der Waals surface area contributed by atoms with Crippen LogP contribution in [0, 0.1) is 0 Å². The van der Waals surface area contributed by atoms with Gasteiger partial charge in [-0.1, -0.05) is 22.0 Å². The number of carbonyl (C=O) groups excluding carboxylic acids is 1. The number of carbonyl (C=O) groups is 1. The number of rotatable bonds is 3. The molecule has 0 saturated carbocycles. The summed E-state index contributed by atoms with van der Waals surface area (Å²) in [7, 11) is 1.35. The number of ether oxygens (including phenoxy) is 2. The summed E-state index contributed by atoms with van der Waals surface area (Å²) in [5.74, 6) is -0.482. The molecule has 134 valence electrons. The number of methoxy groups -OCH3 is 1. The summed E-state index contributed by atoms with van der Waals surface area (Å²) in [4.78, 5) is 19.0. The zero-order valence-electron chi connectivity index (χ0n) is 14.2. The number of esters is 1. The van der Waals surface area contributed by atoms with Crippen molar-refractivity contribution in [3.8, 4) is 5.69 Å². The van der Waals surface area contributed by atoms with Crippen LogP contribution < -0.4 is 4.90 Å². The first-order valence-corrected chi connectivity index (χ1v) is 9.02. The van der Waals surface area contributed by atoms with Crippen molar-refractivity contribution in [1.29, 1.82) is 0 Å². The maximum Gasteiger partial charge on any atom is 0.359 e. The Bertz CT molecular complexity index is 966. The number of morpholine rings is 1. The van der Waals surface area contributed by atoms with Crippen molar-refractivity contribution in [2.24, 2.45) is 0 Å². The van der Waals surface area contributed by atoms with Crippen molar-refractivity contribution in [1.82, 2.24) is 14.8 Å². The van der Waals surface area contributed by atoms with Gasteiger partial charge in [0.15, 0.2) is 11.3 Å². The van der Waals surface area contributed by atoms with E-state index in [1.165, 1.54) is 7.11 Å². The number of hydrogen-bond donors (Lipinski definition) is 0. The molecule has 0 atom stereocenters. The van der Waals surface area contributed by atoms with E-state index in [-0.39, 0.29) is 5.69 Å². The fourth-order valence-corrected chi connectivity index (χ4v) is 3.41. The number of pyridine rings is 1. The van der Waals surface area contributed by atoms with Crippen LogP contribution in [0.2, 0.25) is 0 Å². The summed E-state index contributed by atoms with van der Waals surface area (Å²) in [5, 5.41) is 5.14. The molecule has 7 nitrogen and oxygen atoms in total. The third kappa shape index (κ3) is 3.06. The minimum Gasteiger partial charge on any atom is -0.464 e. The van der Waals surface area contributed by atoms with Crippen LogP contribution in [0.3, 0.4) is 0 Å². The fourth-order valence-electron chi connectivity index (χ4n) is 3.02. The van der Waals surface area contributed by atoms with Gasteiger partial charge in [0.1, 0.15) is 0 Å². The lowest BCUT2D eigenvalue weighted by Crippen LogP contribution is -2.36. The number of anilines is 1. The van der Waals surface area contributed by atoms with Crippen LogP contribution in [-0.2, 0) is 9.47 Å². The van der Waals surface area contributed by atoms with Crippen LogP contribution >= 0.6 is 15.9 Å². The van der Waals surface area contributed by atoms with E-state index >= 15 is 0 Å². The van der Waals surface area contributed by atoms with Gasteiger partial charge in [-0.05, 0) is 24.3 Å². The minimum absolute atomic E-state index is 0.255. The highest BCUT2D eigenvalue weighted by atomic mass is 79.9. The van der Waals surface area contributed by atoms with Gasteiger partial charge in [0.25, 0.3) is 0 Å². The van der Waals surface area contributed by atoms with E-state index in [1.54, 1.807) is 4.68 Å². The molecule has 0 radical (unpaired) electrons. The van der Waals surface area contributed by atoms with Crippen molar-refractivity contribution >= 4 is 38.6 Å². The van der Waals surface area contributed by atoms with Crippen LogP contribution in [0.1, 0.15) is 10.5 Å². The first-order chi connectivity index (χ1) is 12.7. The molecule has 1 fully saturated rings. The highest BCUT2D eigenvalue weighted by Crippen LogP contribution is 2.27. The third-order valence-electron chi connectivity index (χ3n) is 4.32. The monoisotopic (exact) mass is 416 g/mol. The minimum atomic E-state index is -0.482. The van der Waals surface area contributed by atoms with Crippen LogP contribution in [0.4, 0.5) is 5.69 Å². The number of fused-ring (bicyclic) bond motifs is 1. The van der Waals surface area contributed by atoms with Gasteiger partial charge in [0, 0.05) is 17.6 Å². The van der Waals surface area contributed by atoms with E-state index in [2.05, 4.69) is 30.9 Å². The topological polar surface area (TPSA) is 69.5 Å². The molecule has 1 aliphatic rings. The molecule has 1 aromatic carbocycles. The molecule has 0 amide bonds. The molecule has 0 bridgehead atoms. The van der Waals surface area contributed by atoms with Crippen LogP contribution in [0.15, 0.2) is 41.0 Å². The Balaban J connectivity index is 1.87. The van der Waals surface area contributed by atoms with E-state index in [0.717, 1.165) is 28.9 Å². The summed E-state index contributed by atoms with van der Waals surface area (Å²) in [6.45, 7) is 2.94. The number of aromatic nitrogens is 3. The summed E-state index contributed by atoms with van der Waals surface area (Å²) in [6.07, 6.45) is 1.81. The highest BCUT2D eigenvalue weighted by Gasteiger charge is 2.22. The van der Waals surface area contributed by atoms with Gasteiger partial charge >= 0.3 is 5.97 Å². The Kier molecular flexibility index (Phi) is 4.60. The highest BCUT2D eigenvalue weighted by molar-refractivity contribution is 9.10. The van der Waals surface area contributed by atoms with E-state index in [9.17, 15) is 4.79 Å². The van der Waals surface area contributed by atoms with Crippen LogP contribution in [0.5, 0.6) is 0 Å². The van der Waals surface area contributed by atoms with Gasteiger partial charge < -0.3 is 14.4 Å². The fraction of sp³-hybridized carbons (Fsp3) is 0.278. The zero-order chi connectivity index (χ0) is 18.1. The molecular weight excluding hydrogens is 400 g/mol. The molecule has 1 saturated heterocycles. The SMILES string of the molecule is COC(=O)c1nn(-c2cccc(Br)c2)c2ncc(N3CCOCC3)cc12. The van der Waals surface area contributed by atoms with Crippen molar-refractivity contribution in [2.45, 2.75) is 0 Å². The largest absolute Gasteiger partial charge is 0.464 e. The average Bonchev–Trinajstić information content (AvgIpc) is 3.07. The Morgan fingerprint density at radius 1 is 1.23 bits per heavy atom. The first kappa shape index (κ1) is 17.0. The number of hydrogen-bond acceptors (Lipinski definition) is 6. The lowest BCUT2D eigenvalue weighted by atomic mass is 10.2. The van der Waals surface area contributed by atoms with E-state index < -0.39 is 5.97 Å². The quantitative estimate of drug-likeness (QED) is 0.611. The number of benzene rings is 1. The number of nitrogens with zero attached hydrogens (tertiary/aromatic N) is 4. The molecule has 1 aliphatic heterocycles. The van der Waals surface area contributed by atoms with Crippen molar-refractivity contribution < 1.29 is 14.3 Å². The standard InChI is InChI=1S/C18H17BrN4O3/c1-25-18(24)16-15-10-14(22-5-7-26-8-6-22)11-20-17(15)23(21-16)13-4-2-3-12(19)9-13/h2-4,9-11H,5-8H2,1H3. The lowest BCUT2D eigenvalue weighted by Gasteiger charge is -2.28. The van der Waals surface area contributed by atoms with Gasteiger partial charge in [0.05, 0.1) is 43.3 Å². The Hall–Kier alpha value is -2.45. The molecular formula is C18H17BrN4O3. The van der Waals surface area contributed by atoms with Crippen LogP contribution in [0.25, 0.3) is 16.7 Å². The van der Waals surface area contributed by atoms with Crippen LogP contribution in [-0.4, -0.2) is 54.1 Å². The predicted molar refractivity (Wildman–Crippen MR) is 101 cm³/mol. The van der Waals surface area contributed by atoms with Gasteiger partial charge in [0.2, 0.25) is 0 Å². The molecule has 26 heavy (non-hydrogen) atoms. The molecule has 2 aromatic heterocycles. The summed E-state index contributed by atoms with van der Waals surface area (Å²) in [5.41, 5.74) is 2.62. The second-order valence-electron chi connectivity index (χ2n) is 5.90. The molecule has 8 heteroatoms. The van der Waals surface area contributed by atoms with Gasteiger partial charge in [-0.3, -0.25) is 0 Å². The Morgan fingerprint density at radius 2 is 2.04 bits per heavy atom. The summed E-state index contributed by atoms with van der Waals surface area (Å²) < 4.78 is 12.9. The molecule has 0 aliphatic carbocycles. The lowest BCUT2D eigenvalue weighted by molar-refractivity contribution is 0.0595. The van der Waals surface area contributed by atoms with E-state index in [0.29, 0.717) is 24.2 Å². The van der Waals surface area contributed by atoms with Crippen molar-refractivity contribution in [3.05, 3.63) is 46.7 Å². The third-order valence-corrected chi connectivity index (χ3v) is 4.81. The van der Waals surface area contributed by atoms with Gasteiger partial charge in [-0.2, -0.15) is 5.10 Å². The normalized spacial score (nSPS) is 14.6. The number of halogens is 1. The van der Waals surface area contributed by atoms with E-state index in [4.69, 9.17) is 9.47 Å². The molecule has 0 unspecified atom stereocenters. The summed E-state index contributed by atoms with van der Waals surface area (Å²) >= 11 is 3.46. The second-order valence-corrected chi connectivity index (χ2v) is 6.81. The Morgan fingerprint density at radius 3 is 2.77 bits per heavy atom.